The Bertz CT molecular complexity index is 793. The highest BCUT2D eigenvalue weighted by molar-refractivity contribution is 6.00. The Labute approximate surface area is 146 Å². The minimum absolute atomic E-state index is 0.00967. The summed E-state index contributed by atoms with van der Waals surface area (Å²) < 4.78 is 14.5. The summed E-state index contributed by atoms with van der Waals surface area (Å²) >= 11 is 0. The molecule has 2 aromatic rings. The number of hydrogen-bond acceptors (Lipinski definition) is 4. The molecule has 6 heteroatoms. The summed E-state index contributed by atoms with van der Waals surface area (Å²) in [7, 11) is 0. The van der Waals surface area contributed by atoms with Crippen molar-refractivity contribution >= 4 is 5.91 Å². The van der Waals surface area contributed by atoms with Crippen LogP contribution in [0.4, 0.5) is 4.39 Å². The second-order valence-corrected chi connectivity index (χ2v) is 6.12. The molecular weight excluding hydrogens is 319 g/mol. The van der Waals surface area contributed by atoms with Crippen molar-refractivity contribution in [3.05, 3.63) is 60.3 Å². The predicted molar refractivity (Wildman–Crippen MR) is 94.3 cm³/mol. The molecule has 130 valence electrons. The largest absolute Gasteiger partial charge is 0.366 e. The molecule has 0 bridgehead atoms. The van der Waals surface area contributed by atoms with E-state index in [2.05, 4.69) is 21.4 Å². The number of aromatic nitrogens is 2. The van der Waals surface area contributed by atoms with Gasteiger partial charge in [0.15, 0.2) is 5.82 Å². The van der Waals surface area contributed by atoms with Gasteiger partial charge < -0.3 is 9.80 Å². The van der Waals surface area contributed by atoms with Crippen LogP contribution in [0.2, 0.25) is 0 Å². The summed E-state index contributed by atoms with van der Waals surface area (Å²) in [5, 5.41) is 0. The quantitative estimate of drug-likeness (QED) is 0.759. The fraction of sp³-hybridized carbons (Fsp3) is 0.316. The molecule has 1 aromatic carbocycles. The summed E-state index contributed by atoms with van der Waals surface area (Å²) in [6.07, 6.45) is 3.07. The van der Waals surface area contributed by atoms with E-state index in [1.807, 2.05) is 13.8 Å². The second kappa shape index (κ2) is 7.01. The molecule has 1 saturated heterocycles. The highest BCUT2D eigenvalue weighted by atomic mass is 19.1. The smallest absolute Gasteiger partial charge is 0.255 e. The zero-order valence-corrected chi connectivity index (χ0v) is 14.4. The van der Waals surface area contributed by atoms with Crippen LogP contribution < -0.4 is 0 Å². The Morgan fingerprint density at radius 1 is 1.36 bits per heavy atom. The fourth-order valence-corrected chi connectivity index (χ4v) is 2.96. The molecule has 25 heavy (non-hydrogen) atoms. The van der Waals surface area contributed by atoms with E-state index in [9.17, 15) is 9.18 Å². The Morgan fingerprint density at radius 2 is 2.04 bits per heavy atom. The Hall–Kier alpha value is -2.76. The first-order valence-corrected chi connectivity index (χ1v) is 8.32. The van der Waals surface area contributed by atoms with Gasteiger partial charge in [-0.15, -0.1) is 0 Å². The Balaban J connectivity index is 1.93. The van der Waals surface area contributed by atoms with E-state index in [-0.39, 0.29) is 28.9 Å². The molecule has 5 nitrogen and oxygen atoms in total. The van der Waals surface area contributed by atoms with Crippen molar-refractivity contribution in [2.45, 2.75) is 19.9 Å². The van der Waals surface area contributed by atoms with E-state index < -0.39 is 5.82 Å². The van der Waals surface area contributed by atoms with Gasteiger partial charge in [-0.05, 0) is 32.0 Å². The number of carbonyl (C=O) groups is 1. The van der Waals surface area contributed by atoms with Crippen LogP contribution in [0.25, 0.3) is 11.4 Å². The van der Waals surface area contributed by atoms with Crippen molar-refractivity contribution in [1.29, 1.82) is 0 Å². The number of rotatable bonds is 6. The van der Waals surface area contributed by atoms with E-state index in [1.54, 1.807) is 23.1 Å². The summed E-state index contributed by atoms with van der Waals surface area (Å²) in [6.45, 7) is 9.96. The van der Waals surface area contributed by atoms with Crippen molar-refractivity contribution in [2.24, 2.45) is 0 Å². The average Bonchev–Trinajstić information content (AvgIpc) is 3.30. The van der Waals surface area contributed by atoms with Crippen molar-refractivity contribution < 1.29 is 9.18 Å². The third-order valence-electron chi connectivity index (χ3n) is 4.37. The molecular formula is C19H21FN4O. The fourth-order valence-electron chi connectivity index (χ4n) is 2.96. The molecule has 1 aliphatic heterocycles. The lowest BCUT2D eigenvalue weighted by molar-refractivity contribution is 0.0692. The molecule has 2 heterocycles. The lowest BCUT2D eigenvalue weighted by atomic mass is 10.0. The molecule has 3 rings (SSSR count). The second-order valence-electron chi connectivity index (χ2n) is 6.12. The maximum Gasteiger partial charge on any atom is 0.255 e. The summed E-state index contributed by atoms with van der Waals surface area (Å²) in [4.78, 5) is 25.2. The van der Waals surface area contributed by atoms with Gasteiger partial charge in [-0.3, -0.25) is 4.79 Å². The molecule has 0 N–H and O–H groups in total. The molecule has 0 saturated carbocycles. The van der Waals surface area contributed by atoms with Gasteiger partial charge in [-0.1, -0.05) is 12.6 Å². The van der Waals surface area contributed by atoms with Crippen LogP contribution in [-0.4, -0.2) is 51.4 Å². The zero-order chi connectivity index (χ0) is 18.0. The Kier molecular flexibility index (Phi) is 4.79. The standard InChI is InChI=1S/C19H21FN4O/c1-4-24(14(3)12-23-11-13(23)2)19(25)15-7-5-8-16(20)17(15)18-21-9-6-10-22-18/h5-10,14H,2,4,11-12H2,1,3H3/t14-,23?/m0/s1. The van der Waals surface area contributed by atoms with Gasteiger partial charge in [-0.2, -0.15) is 0 Å². The number of amides is 1. The molecule has 1 fully saturated rings. The van der Waals surface area contributed by atoms with Crippen LogP contribution >= 0.6 is 0 Å². The number of hydrogen-bond donors (Lipinski definition) is 0. The van der Waals surface area contributed by atoms with Gasteiger partial charge in [0, 0.05) is 37.2 Å². The molecule has 0 aliphatic carbocycles. The van der Waals surface area contributed by atoms with Crippen molar-refractivity contribution in [3.8, 4) is 11.4 Å². The van der Waals surface area contributed by atoms with Crippen molar-refractivity contribution in [2.75, 3.05) is 19.6 Å². The topological polar surface area (TPSA) is 49.1 Å². The maximum absolute atomic E-state index is 14.5. The van der Waals surface area contributed by atoms with E-state index in [1.165, 1.54) is 18.5 Å². The molecule has 0 radical (unpaired) electrons. The zero-order valence-electron chi connectivity index (χ0n) is 14.4. The van der Waals surface area contributed by atoms with Gasteiger partial charge in [0.25, 0.3) is 5.91 Å². The number of benzene rings is 1. The average molecular weight is 340 g/mol. The number of halogens is 1. The minimum atomic E-state index is -0.500. The van der Waals surface area contributed by atoms with Gasteiger partial charge in [-0.25, -0.2) is 14.4 Å². The van der Waals surface area contributed by atoms with Crippen LogP contribution in [0.5, 0.6) is 0 Å². The lowest BCUT2D eigenvalue weighted by Gasteiger charge is -2.29. The van der Waals surface area contributed by atoms with E-state index in [0.29, 0.717) is 6.54 Å². The first-order chi connectivity index (χ1) is 12.0. The van der Waals surface area contributed by atoms with Crippen LogP contribution in [0, 0.1) is 5.82 Å². The number of likely N-dealkylation sites (N-methyl/N-ethyl adjacent to an activating group) is 1. The summed E-state index contributed by atoms with van der Waals surface area (Å²) in [6, 6.07) is 6.14. The SMILES string of the molecule is C=C1CN1C[C@H](C)N(CC)C(=O)c1cccc(F)c1-c1ncccn1. The summed E-state index contributed by atoms with van der Waals surface area (Å²) in [5.41, 5.74) is 1.51. The predicted octanol–water partition coefficient (Wildman–Crippen LogP) is 2.96. The first kappa shape index (κ1) is 17.1. The van der Waals surface area contributed by atoms with Gasteiger partial charge in [0.2, 0.25) is 0 Å². The molecule has 1 amide bonds. The molecule has 1 aromatic heterocycles. The van der Waals surface area contributed by atoms with Gasteiger partial charge >= 0.3 is 0 Å². The lowest BCUT2D eigenvalue weighted by Crippen LogP contribution is -2.42. The molecule has 0 unspecified atom stereocenters. The normalized spacial score (nSPS) is 14.4. The van der Waals surface area contributed by atoms with Crippen LogP contribution in [0.3, 0.4) is 0 Å². The van der Waals surface area contributed by atoms with Crippen LogP contribution in [-0.2, 0) is 0 Å². The van der Waals surface area contributed by atoms with Crippen molar-refractivity contribution in [1.82, 2.24) is 19.8 Å². The van der Waals surface area contributed by atoms with E-state index in [0.717, 1.165) is 18.8 Å². The third-order valence-corrected chi connectivity index (χ3v) is 4.37. The van der Waals surface area contributed by atoms with Gasteiger partial charge in [0.1, 0.15) is 5.82 Å². The van der Waals surface area contributed by atoms with E-state index >= 15 is 0 Å². The molecule has 1 atom stereocenters. The number of nitrogens with zero attached hydrogens (tertiary/aromatic N) is 4. The molecule has 1 aliphatic rings. The van der Waals surface area contributed by atoms with E-state index in [4.69, 9.17) is 0 Å². The van der Waals surface area contributed by atoms with Crippen molar-refractivity contribution in [3.63, 3.8) is 0 Å². The monoisotopic (exact) mass is 340 g/mol. The first-order valence-electron chi connectivity index (χ1n) is 8.32. The molecule has 0 spiro atoms. The minimum Gasteiger partial charge on any atom is -0.366 e. The van der Waals surface area contributed by atoms with Gasteiger partial charge in [0.05, 0.1) is 17.7 Å². The third kappa shape index (κ3) is 3.52. The van der Waals surface area contributed by atoms with Crippen LogP contribution in [0.15, 0.2) is 48.9 Å². The summed E-state index contributed by atoms with van der Waals surface area (Å²) in [5.74, 6) is -0.503. The maximum atomic E-state index is 14.5. The highest BCUT2D eigenvalue weighted by Gasteiger charge is 2.30. The van der Waals surface area contributed by atoms with Crippen LogP contribution in [0.1, 0.15) is 24.2 Å². The number of carbonyl (C=O) groups excluding carboxylic acids is 1. The highest BCUT2D eigenvalue weighted by Crippen LogP contribution is 2.26. The Morgan fingerprint density at radius 3 is 2.64 bits per heavy atom.